The molecule has 2 aliphatic heterocycles. The molecule has 0 atom stereocenters. The Balaban J connectivity index is 0.000000147. The van der Waals surface area contributed by atoms with Gasteiger partial charge in [0.25, 0.3) is 0 Å². The second kappa shape index (κ2) is 11.6. The molecule has 0 saturated carbocycles. The zero-order chi connectivity index (χ0) is 32.2. The number of hydrogen-bond acceptors (Lipinski definition) is 8. The number of hydrogen-bond donors (Lipinski definition) is 0. The molecule has 4 aromatic rings. The SMILES string of the molecule is CC(=O)c1ccc2c(c1)COc1cc3c(cc1-2)CCCC3=O.CS(=O)(=O)Oc1ccc2c(c1)COc1cc3c(cc1-2)CCCC3=O. The summed E-state index contributed by atoms with van der Waals surface area (Å²) < 4.78 is 39.1. The van der Waals surface area contributed by atoms with Crippen LogP contribution >= 0.6 is 0 Å². The third kappa shape index (κ3) is 5.71. The molecule has 0 bridgehead atoms. The molecule has 0 aromatic heterocycles. The molecule has 0 radical (unpaired) electrons. The molecule has 2 heterocycles. The lowest BCUT2D eigenvalue weighted by molar-refractivity contribution is 0.0964. The van der Waals surface area contributed by atoms with Crippen LogP contribution in [-0.4, -0.2) is 32.0 Å². The number of Topliss-reactive ketones (excluding diaryl/α,β-unsaturated/α-hetero) is 3. The van der Waals surface area contributed by atoms with Crippen molar-refractivity contribution in [3.63, 3.8) is 0 Å². The quantitative estimate of drug-likeness (QED) is 0.173. The second-order valence-corrected chi connectivity index (χ2v) is 13.8. The van der Waals surface area contributed by atoms with E-state index < -0.39 is 10.1 Å². The van der Waals surface area contributed by atoms with Crippen LogP contribution in [0.5, 0.6) is 17.2 Å². The average Bonchev–Trinajstić information content (AvgIpc) is 3.03. The maximum absolute atomic E-state index is 12.1. The summed E-state index contributed by atoms with van der Waals surface area (Å²) in [4.78, 5) is 35.6. The first kappa shape index (κ1) is 29.9. The molecule has 0 unspecified atom stereocenters. The maximum atomic E-state index is 12.1. The van der Waals surface area contributed by atoms with Gasteiger partial charge in [0.15, 0.2) is 17.3 Å². The van der Waals surface area contributed by atoms with Crippen molar-refractivity contribution in [3.05, 3.63) is 99.6 Å². The predicted octanol–water partition coefficient (Wildman–Crippen LogP) is 7.07. The van der Waals surface area contributed by atoms with Crippen molar-refractivity contribution in [1.29, 1.82) is 0 Å². The minimum atomic E-state index is -3.56. The average molecular weight is 637 g/mol. The van der Waals surface area contributed by atoms with Crippen LogP contribution in [0.25, 0.3) is 22.3 Å². The summed E-state index contributed by atoms with van der Waals surface area (Å²) in [6.07, 6.45) is 5.86. The summed E-state index contributed by atoms with van der Waals surface area (Å²) in [6.45, 7) is 2.33. The Labute approximate surface area is 267 Å². The zero-order valence-corrected chi connectivity index (χ0v) is 26.4. The van der Waals surface area contributed by atoms with Gasteiger partial charge in [0.05, 0.1) is 6.26 Å². The Kier molecular flexibility index (Phi) is 7.51. The third-order valence-corrected chi connectivity index (χ3v) is 9.39. The molecular weight excluding hydrogens is 604 g/mol. The van der Waals surface area contributed by atoms with Gasteiger partial charge in [0.2, 0.25) is 0 Å². The topological polar surface area (TPSA) is 113 Å². The van der Waals surface area contributed by atoms with Crippen molar-refractivity contribution >= 4 is 27.5 Å². The Hall–Kier alpha value is -4.76. The van der Waals surface area contributed by atoms with Gasteiger partial charge in [-0.2, -0.15) is 8.42 Å². The van der Waals surface area contributed by atoms with Crippen LogP contribution in [0.2, 0.25) is 0 Å². The van der Waals surface area contributed by atoms with E-state index in [1.165, 1.54) is 0 Å². The van der Waals surface area contributed by atoms with Gasteiger partial charge in [-0.3, -0.25) is 14.4 Å². The first-order valence-corrected chi connectivity index (χ1v) is 17.2. The molecule has 2 aliphatic carbocycles. The molecular formula is C37H32O8S. The van der Waals surface area contributed by atoms with Crippen LogP contribution in [0, 0.1) is 0 Å². The molecule has 46 heavy (non-hydrogen) atoms. The van der Waals surface area contributed by atoms with Crippen molar-refractivity contribution in [1.82, 2.24) is 0 Å². The number of aryl methyl sites for hydroxylation is 2. The third-order valence-electron chi connectivity index (χ3n) is 8.89. The van der Waals surface area contributed by atoms with Crippen LogP contribution in [0.4, 0.5) is 0 Å². The Morgan fingerprint density at radius 2 is 1.15 bits per heavy atom. The van der Waals surface area contributed by atoms with Crippen LogP contribution in [0.15, 0.2) is 60.7 Å². The fraction of sp³-hybridized carbons (Fsp3) is 0.270. The molecule has 234 valence electrons. The van der Waals surface area contributed by atoms with E-state index in [1.807, 2.05) is 42.5 Å². The van der Waals surface area contributed by atoms with Crippen LogP contribution in [0.3, 0.4) is 0 Å². The Morgan fingerprint density at radius 3 is 1.67 bits per heavy atom. The minimum Gasteiger partial charge on any atom is -0.488 e. The highest BCUT2D eigenvalue weighted by molar-refractivity contribution is 7.86. The van der Waals surface area contributed by atoms with Gasteiger partial charge in [0, 0.05) is 46.2 Å². The molecule has 4 aliphatic rings. The lowest BCUT2D eigenvalue weighted by Gasteiger charge is -2.24. The van der Waals surface area contributed by atoms with Crippen molar-refractivity contribution in [2.45, 2.75) is 58.7 Å². The second-order valence-electron chi connectivity index (χ2n) is 12.2. The number of fused-ring (bicyclic) bond motifs is 8. The number of carbonyl (C=O) groups excluding carboxylic acids is 3. The summed E-state index contributed by atoms with van der Waals surface area (Å²) in [6, 6.07) is 18.8. The molecule has 0 fully saturated rings. The van der Waals surface area contributed by atoms with Gasteiger partial charge in [-0.1, -0.05) is 18.2 Å². The van der Waals surface area contributed by atoms with Gasteiger partial charge in [-0.15, -0.1) is 0 Å². The largest absolute Gasteiger partial charge is 0.488 e. The highest BCUT2D eigenvalue weighted by Gasteiger charge is 2.26. The van der Waals surface area contributed by atoms with Gasteiger partial charge in [-0.25, -0.2) is 0 Å². The smallest absolute Gasteiger partial charge is 0.306 e. The van der Waals surface area contributed by atoms with E-state index in [4.69, 9.17) is 13.7 Å². The number of ketones is 3. The summed E-state index contributed by atoms with van der Waals surface area (Å²) in [5, 5.41) is 0. The standard InChI is InChI=1S/C19H16O3.C18H16O5S/c1-11(20)12-5-6-15-14(7-12)10-22-19-9-16-13(8-17(15)19)3-2-4-18(16)21;1-24(20,21)23-13-5-6-14-12(7-13)10-22-18-9-15-11(8-16(14)18)3-2-4-17(15)19/h5-9H,2-4,10H2,1H3;5-9H,2-4,10H2,1H3. The monoisotopic (exact) mass is 636 g/mol. The van der Waals surface area contributed by atoms with E-state index in [9.17, 15) is 22.8 Å². The molecule has 4 aromatic carbocycles. The molecule has 0 amide bonds. The fourth-order valence-electron chi connectivity index (χ4n) is 6.67. The van der Waals surface area contributed by atoms with E-state index in [-0.39, 0.29) is 23.1 Å². The fourth-order valence-corrected chi connectivity index (χ4v) is 7.13. The molecule has 0 spiro atoms. The molecule has 0 saturated heterocycles. The van der Waals surface area contributed by atoms with E-state index in [2.05, 4.69) is 6.07 Å². The Morgan fingerprint density at radius 1 is 0.630 bits per heavy atom. The zero-order valence-electron chi connectivity index (χ0n) is 25.6. The Bertz CT molecular complexity index is 2080. The van der Waals surface area contributed by atoms with Crippen molar-refractivity contribution in [2.75, 3.05) is 6.26 Å². The number of rotatable bonds is 3. The first-order chi connectivity index (χ1) is 22.0. The van der Waals surface area contributed by atoms with E-state index in [0.717, 1.165) is 93.3 Å². The normalized spacial score (nSPS) is 15.6. The van der Waals surface area contributed by atoms with E-state index in [0.29, 0.717) is 37.4 Å². The maximum Gasteiger partial charge on any atom is 0.306 e. The number of ether oxygens (including phenoxy) is 2. The van der Waals surface area contributed by atoms with Gasteiger partial charge >= 0.3 is 10.1 Å². The van der Waals surface area contributed by atoms with Crippen LogP contribution in [-0.2, 0) is 36.2 Å². The first-order valence-electron chi connectivity index (χ1n) is 15.4. The molecule has 9 heteroatoms. The van der Waals surface area contributed by atoms with Crippen LogP contribution < -0.4 is 13.7 Å². The highest BCUT2D eigenvalue weighted by atomic mass is 32.2. The number of carbonyl (C=O) groups is 3. The lowest BCUT2D eigenvalue weighted by Crippen LogP contribution is -2.14. The van der Waals surface area contributed by atoms with Gasteiger partial charge in [-0.05, 0) is 103 Å². The summed E-state index contributed by atoms with van der Waals surface area (Å²) in [5.41, 5.74) is 10.4. The highest BCUT2D eigenvalue weighted by Crippen LogP contribution is 2.43. The summed E-state index contributed by atoms with van der Waals surface area (Å²) in [5.74, 6) is 2.20. The molecule has 0 N–H and O–H groups in total. The number of benzene rings is 4. The van der Waals surface area contributed by atoms with Crippen molar-refractivity contribution in [2.24, 2.45) is 0 Å². The van der Waals surface area contributed by atoms with Gasteiger partial charge in [0.1, 0.15) is 30.5 Å². The predicted molar refractivity (Wildman–Crippen MR) is 172 cm³/mol. The van der Waals surface area contributed by atoms with Gasteiger partial charge < -0.3 is 13.7 Å². The lowest BCUT2D eigenvalue weighted by atomic mass is 9.86. The summed E-state index contributed by atoms with van der Waals surface area (Å²) in [7, 11) is -3.56. The minimum absolute atomic E-state index is 0.0598. The molecule has 8 rings (SSSR count). The van der Waals surface area contributed by atoms with E-state index in [1.54, 1.807) is 19.1 Å². The van der Waals surface area contributed by atoms with Crippen LogP contribution in [0.1, 0.15) is 85.9 Å². The van der Waals surface area contributed by atoms with Crippen molar-refractivity contribution in [3.8, 4) is 39.5 Å². The van der Waals surface area contributed by atoms with Crippen molar-refractivity contribution < 1.29 is 36.5 Å². The summed E-state index contributed by atoms with van der Waals surface area (Å²) >= 11 is 0. The van der Waals surface area contributed by atoms with E-state index >= 15 is 0 Å². The molecule has 8 nitrogen and oxygen atoms in total.